The third-order valence-electron chi connectivity index (χ3n) is 5.16. The molecule has 0 amide bonds. The Balaban J connectivity index is 1.54. The molecule has 1 aliphatic heterocycles. The number of likely N-dealkylation sites (tertiary alicyclic amines) is 1. The molecule has 0 radical (unpaired) electrons. The van der Waals surface area contributed by atoms with Crippen molar-refractivity contribution in [3.63, 3.8) is 0 Å². The van der Waals surface area contributed by atoms with E-state index in [0.29, 0.717) is 12.6 Å². The summed E-state index contributed by atoms with van der Waals surface area (Å²) < 4.78 is 35.3. The summed E-state index contributed by atoms with van der Waals surface area (Å²) in [6, 6.07) is 15.6. The highest BCUT2D eigenvalue weighted by molar-refractivity contribution is 5.35. The van der Waals surface area contributed by atoms with Gasteiger partial charge in [-0.15, -0.1) is 0 Å². The van der Waals surface area contributed by atoms with Crippen LogP contribution in [0, 0.1) is 0 Å². The normalized spacial score (nSPS) is 17.4. The van der Waals surface area contributed by atoms with Gasteiger partial charge in [-0.3, -0.25) is 0 Å². The standard InChI is InChI=1S/C22H27F2NO2/c1-25-14-5-8-19(25)13-15-26-21-10-3-2-7-18(21)12-11-17-6-4-9-20(16-17)27-22(23)24/h2-4,6-7,9-10,16,19,22H,5,8,11-15H2,1H3/t19-/m0/s1. The molecule has 146 valence electrons. The molecule has 3 nitrogen and oxygen atoms in total. The molecule has 2 aromatic rings. The summed E-state index contributed by atoms with van der Waals surface area (Å²) in [6.07, 6.45) is 5.09. The van der Waals surface area contributed by atoms with Crippen LogP contribution in [0.25, 0.3) is 0 Å². The van der Waals surface area contributed by atoms with Crippen LogP contribution in [0.4, 0.5) is 8.78 Å². The Morgan fingerprint density at radius 3 is 2.74 bits per heavy atom. The number of halogens is 2. The topological polar surface area (TPSA) is 21.7 Å². The summed E-state index contributed by atoms with van der Waals surface area (Å²) in [5.41, 5.74) is 2.10. The van der Waals surface area contributed by atoms with E-state index in [1.165, 1.54) is 19.4 Å². The molecule has 5 heteroatoms. The molecule has 0 spiro atoms. The van der Waals surface area contributed by atoms with Crippen LogP contribution in [0.3, 0.4) is 0 Å². The Morgan fingerprint density at radius 2 is 1.96 bits per heavy atom. The maximum atomic E-state index is 12.4. The third-order valence-corrected chi connectivity index (χ3v) is 5.16. The van der Waals surface area contributed by atoms with Crippen molar-refractivity contribution >= 4 is 0 Å². The fourth-order valence-electron chi connectivity index (χ4n) is 3.66. The number of hydrogen-bond donors (Lipinski definition) is 0. The fraction of sp³-hybridized carbons (Fsp3) is 0.455. The summed E-state index contributed by atoms with van der Waals surface area (Å²) in [5, 5.41) is 0. The predicted molar refractivity (Wildman–Crippen MR) is 103 cm³/mol. The summed E-state index contributed by atoms with van der Waals surface area (Å²) in [5.74, 6) is 1.12. The van der Waals surface area contributed by atoms with E-state index in [1.54, 1.807) is 18.2 Å². The van der Waals surface area contributed by atoms with Crippen molar-refractivity contribution in [2.45, 2.75) is 44.8 Å². The van der Waals surface area contributed by atoms with Crippen LogP contribution in [0.15, 0.2) is 48.5 Å². The van der Waals surface area contributed by atoms with Crippen LogP contribution in [-0.2, 0) is 12.8 Å². The van der Waals surface area contributed by atoms with Gasteiger partial charge in [0.15, 0.2) is 0 Å². The molecular weight excluding hydrogens is 348 g/mol. The van der Waals surface area contributed by atoms with Gasteiger partial charge in [0.05, 0.1) is 6.61 Å². The number of aryl methyl sites for hydroxylation is 2. The number of alkyl halides is 2. The van der Waals surface area contributed by atoms with Crippen molar-refractivity contribution in [3.05, 3.63) is 59.7 Å². The van der Waals surface area contributed by atoms with E-state index >= 15 is 0 Å². The molecule has 27 heavy (non-hydrogen) atoms. The van der Waals surface area contributed by atoms with Crippen molar-refractivity contribution in [1.29, 1.82) is 0 Å². The lowest BCUT2D eigenvalue weighted by Crippen LogP contribution is -2.26. The lowest BCUT2D eigenvalue weighted by atomic mass is 10.0. The molecule has 0 aromatic heterocycles. The zero-order valence-electron chi connectivity index (χ0n) is 15.7. The van der Waals surface area contributed by atoms with Crippen molar-refractivity contribution in [3.8, 4) is 11.5 Å². The Morgan fingerprint density at radius 1 is 1.11 bits per heavy atom. The second-order valence-corrected chi connectivity index (χ2v) is 7.05. The van der Waals surface area contributed by atoms with Gasteiger partial charge in [-0.1, -0.05) is 30.3 Å². The molecule has 0 unspecified atom stereocenters. The molecular formula is C22H27F2NO2. The van der Waals surface area contributed by atoms with E-state index in [4.69, 9.17) is 4.74 Å². The molecule has 0 saturated carbocycles. The highest BCUT2D eigenvalue weighted by Crippen LogP contribution is 2.23. The average Bonchev–Trinajstić information content (AvgIpc) is 3.06. The van der Waals surface area contributed by atoms with Crippen LogP contribution < -0.4 is 9.47 Å². The first kappa shape index (κ1) is 19.6. The molecule has 0 aliphatic carbocycles. The van der Waals surface area contributed by atoms with E-state index in [2.05, 4.69) is 22.8 Å². The van der Waals surface area contributed by atoms with Gasteiger partial charge >= 0.3 is 6.61 Å². The van der Waals surface area contributed by atoms with Gasteiger partial charge in [0.25, 0.3) is 0 Å². The van der Waals surface area contributed by atoms with Crippen molar-refractivity contribution in [2.24, 2.45) is 0 Å². The van der Waals surface area contributed by atoms with Crippen molar-refractivity contribution in [1.82, 2.24) is 4.90 Å². The van der Waals surface area contributed by atoms with Crippen LogP contribution in [0.1, 0.15) is 30.4 Å². The summed E-state index contributed by atoms with van der Waals surface area (Å²) >= 11 is 0. The molecule has 0 bridgehead atoms. The largest absolute Gasteiger partial charge is 0.493 e. The second-order valence-electron chi connectivity index (χ2n) is 7.05. The van der Waals surface area contributed by atoms with Gasteiger partial charge in [-0.05, 0) is 75.0 Å². The third kappa shape index (κ3) is 5.93. The van der Waals surface area contributed by atoms with Gasteiger partial charge < -0.3 is 14.4 Å². The lowest BCUT2D eigenvalue weighted by Gasteiger charge is -2.20. The molecule has 1 heterocycles. The molecule has 1 aliphatic rings. The number of hydrogen-bond acceptors (Lipinski definition) is 3. The molecule has 0 N–H and O–H groups in total. The molecule has 1 atom stereocenters. The van der Waals surface area contributed by atoms with E-state index in [-0.39, 0.29) is 5.75 Å². The van der Waals surface area contributed by atoms with E-state index in [0.717, 1.165) is 36.1 Å². The first-order chi connectivity index (χ1) is 13.1. The zero-order valence-corrected chi connectivity index (χ0v) is 15.7. The average molecular weight is 375 g/mol. The van der Waals surface area contributed by atoms with Crippen LogP contribution in [0.5, 0.6) is 11.5 Å². The maximum Gasteiger partial charge on any atom is 0.387 e. The maximum absolute atomic E-state index is 12.4. The van der Waals surface area contributed by atoms with Crippen LogP contribution in [-0.4, -0.2) is 37.8 Å². The Bertz CT molecular complexity index is 723. The lowest BCUT2D eigenvalue weighted by molar-refractivity contribution is -0.0498. The minimum Gasteiger partial charge on any atom is -0.493 e. The van der Waals surface area contributed by atoms with Gasteiger partial charge in [-0.2, -0.15) is 8.78 Å². The highest BCUT2D eigenvalue weighted by Gasteiger charge is 2.20. The smallest absolute Gasteiger partial charge is 0.387 e. The number of ether oxygens (including phenoxy) is 2. The van der Waals surface area contributed by atoms with Crippen molar-refractivity contribution < 1.29 is 18.3 Å². The van der Waals surface area contributed by atoms with Gasteiger partial charge in [0.1, 0.15) is 11.5 Å². The monoisotopic (exact) mass is 375 g/mol. The number of benzene rings is 2. The van der Waals surface area contributed by atoms with Crippen molar-refractivity contribution in [2.75, 3.05) is 20.2 Å². The minimum atomic E-state index is -2.80. The summed E-state index contributed by atoms with van der Waals surface area (Å²) in [4.78, 5) is 2.41. The van der Waals surface area contributed by atoms with E-state index in [1.807, 2.05) is 24.3 Å². The van der Waals surface area contributed by atoms with Gasteiger partial charge in [-0.25, -0.2) is 0 Å². The Labute approximate surface area is 159 Å². The predicted octanol–water partition coefficient (Wildman–Crippen LogP) is 4.94. The SMILES string of the molecule is CN1CCC[C@H]1CCOc1ccccc1CCc1cccc(OC(F)F)c1. The first-order valence-corrected chi connectivity index (χ1v) is 9.56. The van der Waals surface area contributed by atoms with Gasteiger partial charge in [0.2, 0.25) is 0 Å². The zero-order chi connectivity index (χ0) is 19.1. The highest BCUT2D eigenvalue weighted by atomic mass is 19.3. The summed E-state index contributed by atoms with van der Waals surface area (Å²) in [6.45, 7) is -0.910. The molecule has 1 saturated heterocycles. The van der Waals surface area contributed by atoms with Crippen LogP contribution in [0.2, 0.25) is 0 Å². The van der Waals surface area contributed by atoms with E-state index < -0.39 is 6.61 Å². The molecule has 1 fully saturated rings. The number of rotatable bonds is 9. The fourth-order valence-corrected chi connectivity index (χ4v) is 3.66. The van der Waals surface area contributed by atoms with E-state index in [9.17, 15) is 8.78 Å². The minimum absolute atomic E-state index is 0.202. The molecule has 3 rings (SSSR count). The second kappa shape index (κ2) is 9.70. The molecule has 2 aromatic carbocycles. The Hall–Kier alpha value is -2.14. The summed E-state index contributed by atoms with van der Waals surface area (Å²) in [7, 11) is 2.18. The number of nitrogens with zero attached hydrogens (tertiary/aromatic N) is 1. The first-order valence-electron chi connectivity index (χ1n) is 9.56. The van der Waals surface area contributed by atoms with Gasteiger partial charge in [0, 0.05) is 6.04 Å². The van der Waals surface area contributed by atoms with Crippen LogP contribution >= 0.6 is 0 Å². The number of para-hydroxylation sites is 1. The Kier molecular flexibility index (Phi) is 7.04. The quantitative estimate of drug-likeness (QED) is 0.620.